The summed E-state index contributed by atoms with van der Waals surface area (Å²) in [6.07, 6.45) is 4.36. The Bertz CT molecular complexity index is 1160. The lowest BCUT2D eigenvalue weighted by Gasteiger charge is -2.13. The van der Waals surface area contributed by atoms with Crippen molar-refractivity contribution in [3.63, 3.8) is 0 Å². The molecule has 0 bridgehead atoms. The van der Waals surface area contributed by atoms with Crippen LogP contribution in [0.3, 0.4) is 0 Å². The molecule has 1 N–H and O–H groups in total. The van der Waals surface area contributed by atoms with Gasteiger partial charge in [0, 0.05) is 10.8 Å². The average molecular weight is 345 g/mol. The lowest BCUT2D eigenvalue weighted by atomic mass is 10.1. The lowest BCUT2D eigenvalue weighted by Crippen LogP contribution is -2.20. The van der Waals surface area contributed by atoms with Gasteiger partial charge in [0.2, 0.25) is 5.88 Å². The highest BCUT2D eigenvalue weighted by Crippen LogP contribution is 2.26. The molecule has 0 aliphatic rings. The number of pyridine rings is 1. The van der Waals surface area contributed by atoms with Crippen molar-refractivity contribution in [3.05, 3.63) is 82.7 Å². The largest absolute Gasteiger partial charge is 0.494 e. The van der Waals surface area contributed by atoms with Crippen LogP contribution >= 0.6 is 0 Å². The van der Waals surface area contributed by atoms with Gasteiger partial charge in [0.25, 0.3) is 5.56 Å². The van der Waals surface area contributed by atoms with Crippen molar-refractivity contribution in [2.75, 3.05) is 0 Å². The first kappa shape index (κ1) is 15.8. The minimum Gasteiger partial charge on any atom is -0.494 e. The van der Waals surface area contributed by atoms with Gasteiger partial charge in [0.15, 0.2) is 0 Å². The molecular weight excluding hydrogens is 330 g/mol. The van der Waals surface area contributed by atoms with E-state index in [-0.39, 0.29) is 11.4 Å². The van der Waals surface area contributed by atoms with E-state index < -0.39 is 0 Å². The first-order chi connectivity index (χ1) is 12.6. The Labute approximate surface area is 148 Å². The number of hydrogen-bond donors (Lipinski definition) is 1. The number of benzene rings is 2. The molecule has 0 saturated heterocycles. The van der Waals surface area contributed by atoms with Crippen LogP contribution in [0.1, 0.15) is 11.1 Å². The first-order valence-electron chi connectivity index (χ1n) is 7.98. The van der Waals surface area contributed by atoms with E-state index in [0.29, 0.717) is 22.0 Å². The molecule has 128 valence electrons. The quantitative estimate of drug-likeness (QED) is 0.578. The van der Waals surface area contributed by atoms with E-state index in [4.69, 9.17) is 0 Å². The second-order valence-electron chi connectivity index (χ2n) is 5.85. The van der Waals surface area contributed by atoms with E-state index in [1.807, 2.05) is 25.1 Å². The Morgan fingerprint density at radius 2 is 1.65 bits per heavy atom. The molecule has 0 spiro atoms. The van der Waals surface area contributed by atoms with E-state index in [2.05, 4.69) is 15.3 Å². The third-order valence-corrected chi connectivity index (χ3v) is 4.12. The van der Waals surface area contributed by atoms with Gasteiger partial charge in [-0.2, -0.15) is 5.10 Å². The minimum atomic E-state index is -0.289. The van der Waals surface area contributed by atoms with Crippen LogP contribution in [0.5, 0.6) is 5.88 Å². The van der Waals surface area contributed by atoms with Crippen molar-refractivity contribution >= 4 is 17.0 Å². The van der Waals surface area contributed by atoms with E-state index >= 15 is 0 Å². The van der Waals surface area contributed by atoms with Crippen molar-refractivity contribution in [2.24, 2.45) is 5.10 Å². The number of rotatable bonds is 3. The number of fused-ring (bicyclic) bond motifs is 1. The summed E-state index contributed by atoms with van der Waals surface area (Å²) in [5.74, 6) is -0.172. The van der Waals surface area contributed by atoms with Crippen LogP contribution in [-0.2, 0) is 0 Å². The highest BCUT2D eigenvalue weighted by molar-refractivity contribution is 6.01. The van der Waals surface area contributed by atoms with Crippen molar-refractivity contribution < 1.29 is 5.11 Å². The molecule has 2 heterocycles. The predicted molar refractivity (Wildman–Crippen MR) is 99.0 cm³/mol. The van der Waals surface area contributed by atoms with E-state index in [9.17, 15) is 9.90 Å². The van der Waals surface area contributed by atoms with E-state index in [0.717, 1.165) is 5.56 Å². The maximum absolute atomic E-state index is 13.0. The molecule has 4 rings (SSSR count). The molecule has 26 heavy (non-hydrogen) atoms. The second kappa shape index (κ2) is 6.29. The summed E-state index contributed by atoms with van der Waals surface area (Å²) in [5.41, 5.74) is 1.80. The summed E-state index contributed by atoms with van der Waals surface area (Å²) >= 11 is 0. The number of aryl methyl sites for hydroxylation is 1. The fourth-order valence-electron chi connectivity index (χ4n) is 2.80. The fourth-order valence-corrected chi connectivity index (χ4v) is 2.80. The molecule has 0 atom stereocenters. The van der Waals surface area contributed by atoms with Gasteiger partial charge in [-0.1, -0.05) is 35.9 Å². The molecule has 0 radical (unpaired) electrons. The van der Waals surface area contributed by atoms with Crippen LogP contribution < -0.4 is 5.56 Å². The Balaban J connectivity index is 2.01. The zero-order valence-corrected chi connectivity index (χ0v) is 13.9. The van der Waals surface area contributed by atoms with Crippen LogP contribution in [-0.4, -0.2) is 30.8 Å². The normalized spacial score (nSPS) is 11.4. The Hall–Kier alpha value is -3.74. The van der Waals surface area contributed by atoms with Crippen molar-refractivity contribution in [3.8, 4) is 11.6 Å². The standard InChI is InChI=1S/C19H15N5O2/c1-13-6-8-14(9-7-13)24-18(25)16-5-3-2-4-15(16)17(19(24)26)10-22-23-11-20-21-12-23/h2-12,26H,1H3/b22-10+. The molecule has 4 aromatic rings. The molecular formula is C19H15N5O2. The third-order valence-electron chi connectivity index (χ3n) is 4.12. The average Bonchev–Trinajstić information content (AvgIpc) is 3.17. The molecule has 0 aliphatic heterocycles. The van der Waals surface area contributed by atoms with Crippen LogP contribution in [0, 0.1) is 6.92 Å². The smallest absolute Gasteiger partial charge is 0.265 e. The molecule has 0 fully saturated rings. The monoisotopic (exact) mass is 345 g/mol. The Morgan fingerprint density at radius 1 is 1.00 bits per heavy atom. The molecule has 0 unspecified atom stereocenters. The van der Waals surface area contributed by atoms with E-state index in [1.165, 1.54) is 28.1 Å². The molecule has 0 aliphatic carbocycles. The number of hydrogen-bond acceptors (Lipinski definition) is 5. The lowest BCUT2D eigenvalue weighted by molar-refractivity contribution is 0.436. The fraction of sp³-hybridized carbons (Fsp3) is 0.0526. The molecule has 0 saturated carbocycles. The zero-order valence-electron chi connectivity index (χ0n) is 13.9. The van der Waals surface area contributed by atoms with Crippen LogP contribution in [0.15, 0.2) is 71.1 Å². The summed E-state index contributed by atoms with van der Waals surface area (Å²) in [4.78, 5) is 13.0. The van der Waals surface area contributed by atoms with Crippen LogP contribution in [0.25, 0.3) is 16.5 Å². The summed E-state index contributed by atoms with van der Waals surface area (Å²) in [6, 6.07) is 14.5. The van der Waals surface area contributed by atoms with Gasteiger partial charge in [0.1, 0.15) is 12.7 Å². The van der Waals surface area contributed by atoms with Gasteiger partial charge in [-0.05, 0) is 25.1 Å². The summed E-state index contributed by atoms with van der Waals surface area (Å²) < 4.78 is 2.70. The summed E-state index contributed by atoms with van der Waals surface area (Å²) in [7, 11) is 0. The van der Waals surface area contributed by atoms with Crippen LogP contribution in [0.4, 0.5) is 0 Å². The molecule has 2 aromatic carbocycles. The first-order valence-corrected chi connectivity index (χ1v) is 7.98. The van der Waals surface area contributed by atoms with Gasteiger partial charge >= 0.3 is 0 Å². The SMILES string of the molecule is Cc1ccc(-n2c(O)c(/C=N/n3cnnc3)c3ccccc3c2=O)cc1. The highest BCUT2D eigenvalue weighted by atomic mass is 16.3. The maximum atomic E-state index is 13.0. The Kier molecular flexibility index (Phi) is 3.81. The van der Waals surface area contributed by atoms with Gasteiger partial charge in [-0.3, -0.25) is 4.79 Å². The topological polar surface area (TPSA) is 85.3 Å². The number of aromatic nitrogens is 4. The van der Waals surface area contributed by atoms with Crippen molar-refractivity contribution in [1.82, 2.24) is 19.4 Å². The van der Waals surface area contributed by atoms with Gasteiger partial charge in [0.05, 0.1) is 17.5 Å². The molecule has 2 aromatic heterocycles. The van der Waals surface area contributed by atoms with E-state index in [1.54, 1.807) is 30.3 Å². The summed E-state index contributed by atoms with van der Waals surface area (Å²) in [5, 5.41) is 23.6. The second-order valence-corrected chi connectivity index (χ2v) is 5.85. The van der Waals surface area contributed by atoms with Crippen LogP contribution in [0.2, 0.25) is 0 Å². The molecule has 7 heteroatoms. The molecule has 7 nitrogen and oxygen atoms in total. The number of aromatic hydroxyl groups is 1. The predicted octanol–water partition coefficient (Wildman–Crippen LogP) is 2.48. The minimum absolute atomic E-state index is 0.172. The molecule has 0 amide bonds. The summed E-state index contributed by atoms with van der Waals surface area (Å²) in [6.45, 7) is 1.96. The zero-order chi connectivity index (χ0) is 18.1. The van der Waals surface area contributed by atoms with Gasteiger partial charge in [-0.25, -0.2) is 9.24 Å². The third kappa shape index (κ3) is 2.65. The Morgan fingerprint density at radius 3 is 2.35 bits per heavy atom. The van der Waals surface area contributed by atoms with Gasteiger partial charge in [-0.15, -0.1) is 10.2 Å². The maximum Gasteiger partial charge on any atom is 0.265 e. The highest BCUT2D eigenvalue weighted by Gasteiger charge is 2.16. The van der Waals surface area contributed by atoms with Gasteiger partial charge < -0.3 is 5.11 Å². The number of nitrogens with zero attached hydrogens (tertiary/aromatic N) is 5. The van der Waals surface area contributed by atoms with Crippen molar-refractivity contribution in [1.29, 1.82) is 0 Å². The van der Waals surface area contributed by atoms with Crippen molar-refractivity contribution in [2.45, 2.75) is 6.92 Å².